The molecule has 2 aromatic carbocycles. The summed E-state index contributed by atoms with van der Waals surface area (Å²) in [7, 11) is -2.29. The van der Waals surface area contributed by atoms with Crippen molar-refractivity contribution in [3.05, 3.63) is 47.5 Å². The smallest absolute Gasteiger partial charge is 0.262 e. The number of anilines is 2. The van der Waals surface area contributed by atoms with Gasteiger partial charge in [-0.25, -0.2) is 8.42 Å². The van der Waals surface area contributed by atoms with Gasteiger partial charge in [0.1, 0.15) is 5.75 Å². The molecule has 5 nitrogen and oxygen atoms in total. The molecular weight excluding hydrogens is 300 g/mol. The zero-order chi connectivity index (χ0) is 14.8. The third kappa shape index (κ3) is 2.97. The predicted molar refractivity (Wildman–Crippen MR) is 79.7 cm³/mol. The molecular formula is C13H13ClN2O3S. The number of nitrogens with two attached hydrogens (primary N) is 1. The molecule has 0 saturated carbocycles. The maximum absolute atomic E-state index is 12.3. The summed E-state index contributed by atoms with van der Waals surface area (Å²) >= 11 is 5.78. The Bertz CT molecular complexity index is 732. The molecule has 0 atom stereocenters. The van der Waals surface area contributed by atoms with Gasteiger partial charge in [0, 0.05) is 0 Å². The summed E-state index contributed by atoms with van der Waals surface area (Å²) in [5.74, 6) is 0.429. The molecule has 0 aromatic heterocycles. The van der Waals surface area contributed by atoms with E-state index < -0.39 is 10.0 Å². The van der Waals surface area contributed by atoms with Crippen molar-refractivity contribution in [1.29, 1.82) is 0 Å². The topological polar surface area (TPSA) is 81.4 Å². The van der Waals surface area contributed by atoms with Crippen molar-refractivity contribution in [2.45, 2.75) is 4.90 Å². The maximum atomic E-state index is 12.3. The second-order valence-corrected chi connectivity index (χ2v) is 6.08. The van der Waals surface area contributed by atoms with Gasteiger partial charge in [-0.3, -0.25) is 4.72 Å². The number of benzene rings is 2. The third-order valence-corrected chi connectivity index (χ3v) is 4.34. The number of sulfonamides is 1. The van der Waals surface area contributed by atoms with Gasteiger partial charge in [0.25, 0.3) is 10.0 Å². The lowest BCUT2D eigenvalue weighted by atomic mass is 10.3. The Balaban J connectivity index is 2.38. The molecule has 0 heterocycles. The normalized spacial score (nSPS) is 11.1. The Morgan fingerprint density at radius 2 is 1.90 bits per heavy atom. The van der Waals surface area contributed by atoms with E-state index >= 15 is 0 Å². The van der Waals surface area contributed by atoms with Gasteiger partial charge < -0.3 is 10.5 Å². The fourth-order valence-corrected chi connectivity index (χ4v) is 2.84. The van der Waals surface area contributed by atoms with Gasteiger partial charge in [0.15, 0.2) is 0 Å². The van der Waals surface area contributed by atoms with Gasteiger partial charge in [-0.1, -0.05) is 23.7 Å². The lowest BCUT2D eigenvalue weighted by molar-refractivity contribution is 0.417. The Kier molecular flexibility index (Phi) is 4.06. The fraction of sp³-hybridized carbons (Fsp3) is 0.0769. The van der Waals surface area contributed by atoms with E-state index in [-0.39, 0.29) is 10.6 Å². The van der Waals surface area contributed by atoms with Crippen molar-refractivity contribution in [1.82, 2.24) is 0 Å². The first-order valence-corrected chi connectivity index (χ1v) is 7.51. The predicted octanol–water partition coefficient (Wildman–Crippen LogP) is 2.73. The molecule has 2 aromatic rings. The number of ether oxygens (including phenoxy) is 1. The van der Waals surface area contributed by atoms with Gasteiger partial charge in [0.2, 0.25) is 0 Å². The average molecular weight is 313 g/mol. The lowest BCUT2D eigenvalue weighted by Crippen LogP contribution is -2.13. The monoisotopic (exact) mass is 312 g/mol. The van der Waals surface area contributed by atoms with E-state index in [1.807, 2.05) is 0 Å². The minimum atomic E-state index is -3.75. The molecule has 7 heteroatoms. The third-order valence-electron chi connectivity index (χ3n) is 2.63. The summed E-state index contributed by atoms with van der Waals surface area (Å²) in [6, 6.07) is 10.8. The summed E-state index contributed by atoms with van der Waals surface area (Å²) in [4.78, 5) is 0.0327. The minimum absolute atomic E-state index is 0.0327. The SMILES string of the molecule is COc1ccccc1NS(=O)(=O)c1ccc(Cl)c(N)c1. The Hall–Kier alpha value is -1.92. The number of methoxy groups -OCH3 is 1. The minimum Gasteiger partial charge on any atom is -0.495 e. The van der Waals surface area contributed by atoms with Crippen LogP contribution in [0.3, 0.4) is 0 Å². The first-order chi connectivity index (χ1) is 9.44. The molecule has 0 aliphatic rings. The van der Waals surface area contributed by atoms with Crippen molar-refractivity contribution in [2.24, 2.45) is 0 Å². The molecule has 20 heavy (non-hydrogen) atoms. The molecule has 0 aliphatic heterocycles. The van der Waals surface area contributed by atoms with Crippen LogP contribution in [0.4, 0.5) is 11.4 Å². The molecule has 106 valence electrons. The van der Waals surface area contributed by atoms with Crippen LogP contribution >= 0.6 is 11.6 Å². The van der Waals surface area contributed by atoms with E-state index in [1.165, 1.54) is 25.3 Å². The van der Waals surface area contributed by atoms with Gasteiger partial charge in [-0.2, -0.15) is 0 Å². The Morgan fingerprint density at radius 3 is 2.55 bits per heavy atom. The number of para-hydroxylation sites is 2. The van der Waals surface area contributed by atoms with Crippen LogP contribution in [0.25, 0.3) is 0 Å². The van der Waals surface area contributed by atoms with Crippen molar-refractivity contribution in [3.8, 4) is 5.75 Å². The van der Waals surface area contributed by atoms with Gasteiger partial charge >= 0.3 is 0 Å². The van der Waals surface area contributed by atoms with Crippen LogP contribution in [0.5, 0.6) is 5.75 Å². The van der Waals surface area contributed by atoms with E-state index in [2.05, 4.69) is 4.72 Å². The molecule has 0 spiro atoms. The number of hydrogen-bond acceptors (Lipinski definition) is 4. The standard InChI is InChI=1S/C13H13ClN2O3S/c1-19-13-5-3-2-4-12(13)16-20(17,18)9-6-7-10(14)11(15)8-9/h2-8,16H,15H2,1H3. The van der Waals surface area contributed by atoms with Gasteiger partial charge in [0.05, 0.1) is 28.4 Å². The summed E-state index contributed by atoms with van der Waals surface area (Å²) in [5.41, 5.74) is 6.17. The molecule has 2 rings (SSSR count). The fourth-order valence-electron chi connectivity index (χ4n) is 1.62. The van der Waals surface area contributed by atoms with Gasteiger partial charge in [-0.05, 0) is 30.3 Å². The molecule has 0 bridgehead atoms. The highest BCUT2D eigenvalue weighted by atomic mass is 35.5. The van der Waals surface area contributed by atoms with E-state index in [4.69, 9.17) is 22.1 Å². The van der Waals surface area contributed by atoms with Crippen molar-refractivity contribution in [3.63, 3.8) is 0 Å². The number of hydrogen-bond donors (Lipinski definition) is 2. The summed E-state index contributed by atoms with van der Waals surface area (Å²) in [6.45, 7) is 0. The number of nitrogens with one attached hydrogen (secondary N) is 1. The van der Waals surface area contributed by atoms with Crippen molar-refractivity contribution < 1.29 is 13.2 Å². The van der Waals surface area contributed by atoms with E-state index in [1.54, 1.807) is 24.3 Å². The highest BCUT2D eigenvalue weighted by Gasteiger charge is 2.17. The second kappa shape index (κ2) is 5.60. The van der Waals surface area contributed by atoms with Crippen LogP contribution in [0.2, 0.25) is 5.02 Å². The number of rotatable bonds is 4. The molecule has 0 amide bonds. The van der Waals surface area contributed by atoms with Crippen LogP contribution in [-0.2, 0) is 10.0 Å². The van der Waals surface area contributed by atoms with Crippen LogP contribution in [-0.4, -0.2) is 15.5 Å². The second-order valence-electron chi connectivity index (χ2n) is 3.99. The Morgan fingerprint density at radius 1 is 1.20 bits per heavy atom. The maximum Gasteiger partial charge on any atom is 0.262 e. The Labute approximate surface area is 122 Å². The van der Waals surface area contributed by atoms with Crippen LogP contribution in [0, 0.1) is 0 Å². The molecule has 0 saturated heterocycles. The first-order valence-electron chi connectivity index (χ1n) is 5.65. The molecule has 0 aliphatic carbocycles. The largest absolute Gasteiger partial charge is 0.495 e. The summed E-state index contributed by atoms with van der Waals surface area (Å²) in [6.07, 6.45) is 0. The number of halogens is 1. The number of nitrogen functional groups attached to an aromatic ring is 1. The molecule has 3 N–H and O–H groups in total. The van der Waals surface area contributed by atoms with Crippen LogP contribution in [0.1, 0.15) is 0 Å². The summed E-state index contributed by atoms with van der Waals surface area (Å²) in [5, 5.41) is 0.307. The highest BCUT2D eigenvalue weighted by molar-refractivity contribution is 7.92. The van der Waals surface area contributed by atoms with Crippen molar-refractivity contribution >= 4 is 33.0 Å². The first kappa shape index (κ1) is 14.5. The highest BCUT2D eigenvalue weighted by Crippen LogP contribution is 2.28. The average Bonchev–Trinajstić information content (AvgIpc) is 2.42. The van der Waals surface area contributed by atoms with Gasteiger partial charge in [-0.15, -0.1) is 0 Å². The van der Waals surface area contributed by atoms with E-state index in [0.717, 1.165) is 0 Å². The lowest BCUT2D eigenvalue weighted by Gasteiger charge is -2.12. The quantitative estimate of drug-likeness (QED) is 0.851. The van der Waals surface area contributed by atoms with Crippen LogP contribution in [0.15, 0.2) is 47.4 Å². The van der Waals surface area contributed by atoms with Crippen molar-refractivity contribution in [2.75, 3.05) is 17.6 Å². The summed E-state index contributed by atoms with van der Waals surface area (Å²) < 4.78 is 32.1. The molecule has 0 fully saturated rings. The van der Waals surface area contributed by atoms with E-state index in [0.29, 0.717) is 16.5 Å². The van der Waals surface area contributed by atoms with Crippen LogP contribution < -0.4 is 15.2 Å². The molecule has 0 unspecified atom stereocenters. The molecule has 0 radical (unpaired) electrons. The zero-order valence-corrected chi connectivity index (χ0v) is 12.2. The van der Waals surface area contributed by atoms with E-state index in [9.17, 15) is 8.42 Å². The zero-order valence-electron chi connectivity index (χ0n) is 10.6.